The van der Waals surface area contributed by atoms with Crippen molar-refractivity contribution in [1.82, 2.24) is 14.5 Å². The molecule has 146 valence electrons. The summed E-state index contributed by atoms with van der Waals surface area (Å²) in [5.74, 6) is 0.429. The number of benzene rings is 1. The Morgan fingerprint density at radius 3 is 2.74 bits per heavy atom. The first kappa shape index (κ1) is 19.7. The average molecular weight is 411 g/mol. The van der Waals surface area contributed by atoms with Gasteiger partial charge in [0.15, 0.2) is 0 Å². The molecule has 1 aromatic heterocycles. The van der Waals surface area contributed by atoms with Gasteiger partial charge in [-0.3, -0.25) is 4.79 Å². The third kappa shape index (κ3) is 4.63. The summed E-state index contributed by atoms with van der Waals surface area (Å²) in [6.45, 7) is 2.58. The van der Waals surface area contributed by atoms with Crippen LogP contribution in [0.15, 0.2) is 24.3 Å². The zero-order chi connectivity index (χ0) is 19.4. The highest BCUT2D eigenvalue weighted by Crippen LogP contribution is 2.30. The number of carbonyl (C=O) groups is 1. The third-order valence-corrected chi connectivity index (χ3v) is 7.41. The number of sulfonamides is 1. The van der Waals surface area contributed by atoms with Crippen molar-refractivity contribution < 1.29 is 17.9 Å². The van der Waals surface area contributed by atoms with Gasteiger partial charge in [0.05, 0.1) is 12.9 Å². The lowest BCUT2D eigenvalue weighted by atomic mass is 10.0. The standard InChI is InChI=1S/C17H22N4O4S2/c1-3-27(23,24)21-10-4-5-12(11-21)16-19-20-17(26-16)15(22)18-13-6-8-14(25-2)9-7-13/h6-9,12H,3-5,10-11H2,1-2H3,(H,18,22). The third-order valence-electron chi connectivity index (χ3n) is 4.47. The second-order valence-corrected chi connectivity index (χ2v) is 9.49. The maximum Gasteiger partial charge on any atom is 0.286 e. The Morgan fingerprint density at radius 1 is 1.33 bits per heavy atom. The number of hydrogen-bond donors (Lipinski definition) is 1. The molecule has 1 unspecified atom stereocenters. The predicted octanol–water partition coefficient (Wildman–Crippen LogP) is 2.33. The SMILES string of the molecule is CCS(=O)(=O)N1CCCC(c2nnc(C(=O)Nc3ccc(OC)cc3)s2)C1. The Kier molecular flexibility index (Phi) is 6.08. The molecule has 1 amide bonds. The number of methoxy groups -OCH3 is 1. The van der Waals surface area contributed by atoms with E-state index in [0.717, 1.165) is 12.8 Å². The molecule has 1 saturated heterocycles. The Hall–Kier alpha value is -2.04. The number of hydrogen-bond acceptors (Lipinski definition) is 7. The number of carbonyl (C=O) groups excluding carboxylic acids is 1. The van der Waals surface area contributed by atoms with E-state index >= 15 is 0 Å². The second-order valence-electron chi connectivity index (χ2n) is 6.23. The molecule has 1 atom stereocenters. The molecule has 0 radical (unpaired) electrons. The lowest BCUT2D eigenvalue weighted by Gasteiger charge is -2.30. The van der Waals surface area contributed by atoms with Gasteiger partial charge >= 0.3 is 0 Å². The number of nitrogens with zero attached hydrogens (tertiary/aromatic N) is 3. The van der Waals surface area contributed by atoms with Crippen LogP contribution in [0.5, 0.6) is 5.75 Å². The summed E-state index contributed by atoms with van der Waals surface area (Å²) in [6.07, 6.45) is 1.61. The maximum atomic E-state index is 12.4. The number of anilines is 1. The molecule has 0 spiro atoms. The van der Waals surface area contributed by atoms with Gasteiger partial charge in [-0.25, -0.2) is 12.7 Å². The van der Waals surface area contributed by atoms with Gasteiger partial charge in [0.1, 0.15) is 10.8 Å². The van der Waals surface area contributed by atoms with E-state index in [4.69, 9.17) is 4.74 Å². The number of nitrogens with one attached hydrogen (secondary N) is 1. The van der Waals surface area contributed by atoms with Gasteiger partial charge in [-0.2, -0.15) is 0 Å². The van der Waals surface area contributed by atoms with Crippen LogP contribution < -0.4 is 10.1 Å². The average Bonchev–Trinajstić information content (AvgIpc) is 3.19. The van der Waals surface area contributed by atoms with E-state index in [0.29, 0.717) is 29.5 Å². The minimum atomic E-state index is -3.22. The number of ether oxygens (including phenoxy) is 1. The smallest absolute Gasteiger partial charge is 0.286 e. The van der Waals surface area contributed by atoms with Crippen LogP contribution in [0.4, 0.5) is 5.69 Å². The molecule has 8 nitrogen and oxygen atoms in total. The monoisotopic (exact) mass is 410 g/mol. The quantitative estimate of drug-likeness (QED) is 0.784. The summed E-state index contributed by atoms with van der Waals surface area (Å²) >= 11 is 1.21. The van der Waals surface area contributed by atoms with Crippen molar-refractivity contribution >= 4 is 33.0 Å². The van der Waals surface area contributed by atoms with E-state index in [-0.39, 0.29) is 22.6 Å². The van der Waals surface area contributed by atoms with Crippen molar-refractivity contribution in [3.63, 3.8) is 0 Å². The lowest BCUT2D eigenvalue weighted by Crippen LogP contribution is -2.39. The largest absolute Gasteiger partial charge is 0.497 e. The van der Waals surface area contributed by atoms with Crippen LogP contribution >= 0.6 is 11.3 Å². The molecule has 3 rings (SSSR count). The van der Waals surface area contributed by atoms with Crippen molar-refractivity contribution in [2.75, 3.05) is 31.3 Å². The molecule has 1 aromatic carbocycles. The van der Waals surface area contributed by atoms with E-state index in [1.54, 1.807) is 38.3 Å². The fourth-order valence-corrected chi connectivity index (χ4v) is 4.97. The highest BCUT2D eigenvalue weighted by atomic mass is 32.2. The van der Waals surface area contributed by atoms with Crippen LogP contribution in [0, 0.1) is 0 Å². The zero-order valence-corrected chi connectivity index (χ0v) is 16.8. The molecule has 1 aliphatic heterocycles. The molecule has 27 heavy (non-hydrogen) atoms. The molecule has 2 aromatic rings. The molecule has 1 aliphatic rings. The Bertz CT molecular complexity index is 896. The molecule has 0 aliphatic carbocycles. The van der Waals surface area contributed by atoms with Crippen LogP contribution in [0.25, 0.3) is 0 Å². The minimum absolute atomic E-state index is 0.0277. The topological polar surface area (TPSA) is 101 Å². The van der Waals surface area contributed by atoms with Gasteiger partial charge in [0, 0.05) is 24.7 Å². The number of amides is 1. The number of piperidine rings is 1. The molecule has 1 N–H and O–H groups in total. The Morgan fingerprint density at radius 2 is 2.07 bits per heavy atom. The fourth-order valence-electron chi connectivity index (χ4n) is 2.93. The summed E-state index contributed by atoms with van der Waals surface area (Å²) in [7, 11) is -1.64. The van der Waals surface area contributed by atoms with Crippen molar-refractivity contribution in [3.05, 3.63) is 34.3 Å². The fraction of sp³-hybridized carbons (Fsp3) is 0.471. The Labute approximate surface area is 162 Å². The van der Waals surface area contributed by atoms with E-state index in [1.807, 2.05) is 0 Å². The van der Waals surface area contributed by atoms with E-state index in [9.17, 15) is 13.2 Å². The van der Waals surface area contributed by atoms with Gasteiger partial charge < -0.3 is 10.1 Å². The van der Waals surface area contributed by atoms with Gasteiger partial charge in [0.2, 0.25) is 15.0 Å². The normalized spacial score (nSPS) is 18.2. The van der Waals surface area contributed by atoms with Crippen molar-refractivity contribution in [1.29, 1.82) is 0 Å². The number of aromatic nitrogens is 2. The van der Waals surface area contributed by atoms with Gasteiger partial charge in [-0.1, -0.05) is 11.3 Å². The van der Waals surface area contributed by atoms with Crippen LogP contribution in [0.1, 0.15) is 40.5 Å². The van der Waals surface area contributed by atoms with Crippen LogP contribution in [-0.2, 0) is 10.0 Å². The first-order valence-corrected chi connectivity index (χ1v) is 11.1. The van der Waals surface area contributed by atoms with Gasteiger partial charge in [0.25, 0.3) is 5.91 Å². The summed E-state index contributed by atoms with van der Waals surface area (Å²) < 4.78 is 30.8. The maximum absolute atomic E-state index is 12.4. The summed E-state index contributed by atoms with van der Waals surface area (Å²) in [6, 6.07) is 7.00. The van der Waals surface area contributed by atoms with Gasteiger partial charge in [-0.05, 0) is 44.0 Å². The minimum Gasteiger partial charge on any atom is -0.497 e. The van der Waals surface area contributed by atoms with E-state index in [2.05, 4.69) is 15.5 Å². The molecular formula is C17H22N4O4S2. The molecular weight excluding hydrogens is 388 g/mol. The summed E-state index contributed by atoms with van der Waals surface area (Å²) in [4.78, 5) is 12.4. The second kappa shape index (κ2) is 8.32. The predicted molar refractivity (Wildman–Crippen MR) is 104 cm³/mol. The van der Waals surface area contributed by atoms with Crippen LogP contribution in [0.3, 0.4) is 0 Å². The molecule has 2 heterocycles. The van der Waals surface area contributed by atoms with Crippen LogP contribution in [-0.4, -0.2) is 54.8 Å². The van der Waals surface area contributed by atoms with Gasteiger partial charge in [-0.15, -0.1) is 10.2 Å². The van der Waals surface area contributed by atoms with E-state index < -0.39 is 10.0 Å². The number of rotatable bonds is 6. The first-order chi connectivity index (χ1) is 12.9. The molecule has 0 saturated carbocycles. The lowest BCUT2D eigenvalue weighted by molar-refractivity contribution is 0.102. The Balaban J connectivity index is 1.67. The van der Waals surface area contributed by atoms with Crippen molar-refractivity contribution in [2.24, 2.45) is 0 Å². The zero-order valence-electron chi connectivity index (χ0n) is 15.2. The van der Waals surface area contributed by atoms with Crippen molar-refractivity contribution in [2.45, 2.75) is 25.7 Å². The highest BCUT2D eigenvalue weighted by molar-refractivity contribution is 7.89. The van der Waals surface area contributed by atoms with E-state index in [1.165, 1.54) is 15.6 Å². The molecule has 0 bridgehead atoms. The van der Waals surface area contributed by atoms with Crippen LogP contribution in [0.2, 0.25) is 0 Å². The summed E-state index contributed by atoms with van der Waals surface area (Å²) in [5, 5.41) is 11.9. The first-order valence-electron chi connectivity index (χ1n) is 8.69. The summed E-state index contributed by atoms with van der Waals surface area (Å²) in [5.41, 5.74) is 0.635. The molecule has 10 heteroatoms. The molecule has 1 fully saturated rings. The highest BCUT2D eigenvalue weighted by Gasteiger charge is 2.30. The van der Waals surface area contributed by atoms with Crippen molar-refractivity contribution in [3.8, 4) is 5.75 Å².